The minimum absolute atomic E-state index is 0.0120. The van der Waals surface area contributed by atoms with Gasteiger partial charge in [-0.1, -0.05) is 36.4 Å². The van der Waals surface area contributed by atoms with Gasteiger partial charge in [0.2, 0.25) is 0 Å². The maximum absolute atomic E-state index is 13.4. The molecule has 3 aromatic heterocycles. The van der Waals surface area contributed by atoms with Crippen molar-refractivity contribution in [3.05, 3.63) is 85.6 Å². The Kier molecular flexibility index (Phi) is 5.74. The third-order valence-corrected chi connectivity index (χ3v) is 7.65. The second-order valence-electron chi connectivity index (χ2n) is 7.80. The highest BCUT2D eigenvalue weighted by Gasteiger charge is 2.30. The first-order chi connectivity index (χ1) is 16.0. The highest BCUT2D eigenvalue weighted by Crippen LogP contribution is 2.33. The summed E-state index contributed by atoms with van der Waals surface area (Å²) in [6, 6.07) is 15.1. The van der Waals surface area contributed by atoms with Gasteiger partial charge in [0.1, 0.15) is 10.4 Å². The number of fused-ring (bicyclic) bond motifs is 1. The number of benzene rings is 1. The standard InChI is InChI=1S/C24H21N3O4S2/c28-21(18-7-4-13-32-18)26-11-9-25(10-12-26)20-17-8-14-33-23(17)27(22(29)19(20)24(30)31)15-16-5-2-1-3-6-16/h1-8,13-14H,9-12,15H2,(H,30,31). The minimum Gasteiger partial charge on any atom is -0.477 e. The lowest BCUT2D eigenvalue weighted by atomic mass is 10.1. The van der Waals surface area contributed by atoms with Crippen molar-refractivity contribution in [2.45, 2.75) is 6.54 Å². The fourth-order valence-corrected chi connectivity index (χ4v) is 5.86. The van der Waals surface area contributed by atoms with Crippen LogP contribution in [0.3, 0.4) is 0 Å². The van der Waals surface area contributed by atoms with Crippen LogP contribution in [0.2, 0.25) is 0 Å². The molecular weight excluding hydrogens is 458 g/mol. The van der Waals surface area contributed by atoms with Crippen molar-refractivity contribution in [2.24, 2.45) is 0 Å². The van der Waals surface area contributed by atoms with Crippen molar-refractivity contribution in [1.29, 1.82) is 0 Å². The molecule has 33 heavy (non-hydrogen) atoms. The van der Waals surface area contributed by atoms with Gasteiger partial charge >= 0.3 is 5.97 Å². The lowest BCUT2D eigenvalue weighted by molar-refractivity contribution is 0.0691. The molecule has 0 atom stereocenters. The number of aromatic nitrogens is 1. The van der Waals surface area contributed by atoms with Crippen molar-refractivity contribution in [2.75, 3.05) is 31.1 Å². The van der Waals surface area contributed by atoms with Gasteiger partial charge in [0.05, 0.1) is 17.1 Å². The Morgan fingerprint density at radius 3 is 2.33 bits per heavy atom. The van der Waals surface area contributed by atoms with Crippen LogP contribution in [0.4, 0.5) is 5.69 Å². The van der Waals surface area contributed by atoms with Gasteiger partial charge in [-0.2, -0.15) is 0 Å². The molecule has 0 spiro atoms. The van der Waals surface area contributed by atoms with Gasteiger partial charge in [-0.05, 0) is 28.5 Å². The second kappa shape index (κ2) is 8.84. The summed E-state index contributed by atoms with van der Waals surface area (Å²) in [6.07, 6.45) is 0. The number of amides is 1. The Hall–Kier alpha value is -3.43. The van der Waals surface area contributed by atoms with Gasteiger partial charge in [-0.3, -0.25) is 14.2 Å². The topological polar surface area (TPSA) is 82.8 Å². The summed E-state index contributed by atoms with van der Waals surface area (Å²) >= 11 is 2.84. The number of carboxylic acids is 1. The number of piperazine rings is 1. The van der Waals surface area contributed by atoms with E-state index in [-0.39, 0.29) is 11.5 Å². The zero-order chi connectivity index (χ0) is 22.9. The van der Waals surface area contributed by atoms with Crippen molar-refractivity contribution in [3.8, 4) is 0 Å². The Morgan fingerprint density at radius 1 is 0.909 bits per heavy atom. The summed E-state index contributed by atoms with van der Waals surface area (Å²) < 4.78 is 1.55. The van der Waals surface area contributed by atoms with Gasteiger partial charge in [0, 0.05) is 31.6 Å². The molecule has 1 amide bonds. The monoisotopic (exact) mass is 479 g/mol. The summed E-state index contributed by atoms with van der Waals surface area (Å²) in [5.41, 5.74) is 0.665. The van der Waals surface area contributed by atoms with E-state index >= 15 is 0 Å². The van der Waals surface area contributed by atoms with Gasteiger partial charge in [-0.15, -0.1) is 22.7 Å². The van der Waals surface area contributed by atoms with Crippen molar-refractivity contribution >= 4 is 50.5 Å². The summed E-state index contributed by atoms with van der Waals surface area (Å²) in [7, 11) is 0. The van der Waals surface area contributed by atoms with Gasteiger partial charge in [0.15, 0.2) is 0 Å². The van der Waals surface area contributed by atoms with Crippen LogP contribution in [0, 0.1) is 0 Å². The normalized spacial score (nSPS) is 14.1. The number of hydrogen-bond acceptors (Lipinski definition) is 6. The highest BCUT2D eigenvalue weighted by atomic mass is 32.1. The average molecular weight is 480 g/mol. The molecule has 1 aliphatic rings. The summed E-state index contributed by atoms with van der Waals surface area (Å²) in [5, 5.41) is 14.5. The summed E-state index contributed by atoms with van der Waals surface area (Å²) in [4.78, 5) is 43.6. The largest absolute Gasteiger partial charge is 0.477 e. The number of thiophene rings is 2. The van der Waals surface area contributed by atoms with E-state index < -0.39 is 11.5 Å². The Balaban J connectivity index is 1.51. The number of carboxylic acid groups (broad SMARTS) is 1. The molecule has 1 aromatic carbocycles. The molecule has 0 saturated carbocycles. The van der Waals surface area contributed by atoms with Gasteiger partial charge < -0.3 is 14.9 Å². The van der Waals surface area contributed by atoms with Crippen LogP contribution >= 0.6 is 22.7 Å². The number of anilines is 1. The predicted molar refractivity (Wildman–Crippen MR) is 131 cm³/mol. The lowest BCUT2D eigenvalue weighted by Gasteiger charge is -2.36. The summed E-state index contributed by atoms with van der Waals surface area (Å²) in [6.45, 7) is 2.17. The van der Waals surface area contributed by atoms with E-state index in [9.17, 15) is 19.5 Å². The molecule has 1 saturated heterocycles. The van der Waals surface area contributed by atoms with Gasteiger partial charge in [-0.25, -0.2) is 4.79 Å². The first kappa shape index (κ1) is 21.4. The molecule has 4 heterocycles. The maximum atomic E-state index is 13.4. The zero-order valence-corrected chi connectivity index (χ0v) is 19.3. The molecule has 0 unspecified atom stereocenters. The van der Waals surface area contributed by atoms with Crippen LogP contribution in [0.5, 0.6) is 0 Å². The van der Waals surface area contributed by atoms with Gasteiger partial charge in [0.25, 0.3) is 11.5 Å². The molecule has 1 aliphatic heterocycles. The Morgan fingerprint density at radius 2 is 1.67 bits per heavy atom. The summed E-state index contributed by atoms with van der Waals surface area (Å²) in [5.74, 6) is -1.25. The van der Waals surface area contributed by atoms with Crippen molar-refractivity contribution in [1.82, 2.24) is 9.47 Å². The lowest BCUT2D eigenvalue weighted by Crippen LogP contribution is -2.49. The first-order valence-electron chi connectivity index (χ1n) is 10.5. The molecule has 168 valence electrons. The molecule has 4 aromatic rings. The van der Waals surface area contributed by atoms with E-state index in [2.05, 4.69) is 0 Å². The number of nitrogens with zero attached hydrogens (tertiary/aromatic N) is 3. The molecule has 1 N–H and O–H groups in total. The third-order valence-electron chi connectivity index (χ3n) is 5.85. The van der Waals surface area contributed by atoms with Crippen LogP contribution in [-0.2, 0) is 6.54 Å². The number of aromatic carboxylic acids is 1. The zero-order valence-electron chi connectivity index (χ0n) is 17.6. The number of rotatable bonds is 5. The van der Waals surface area contributed by atoms with E-state index in [0.717, 1.165) is 15.8 Å². The number of hydrogen-bond donors (Lipinski definition) is 1. The van der Waals surface area contributed by atoms with E-state index in [4.69, 9.17) is 0 Å². The molecule has 9 heteroatoms. The van der Waals surface area contributed by atoms with Crippen LogP contribution in [0.1, 0.15) is 25.6 Å². The Bertz CT molecular complexity index is 1370. The fraction of sp³-hybridized carbons (Fsp3) is 0.208. The maximum Gasteiger partial charge on any atom is 0.343 e. The number of pyridine rings is 1. The number of carbonyl (C=O) groups is 2. The highest BCUT2D eigenvalue weighted by molar-refractivity contribution is 7.16. The third kappa shape index (κ3) is 3.94. The van der Waals surface area contributed by atoms with E-state index in [1.807, 2.05) is 64.2 Å². The minimum atomic E-state index is -1.23. The van der Waals surface area contributed by atoms with Crippen molar-refractivity contribution in [3.63, 3.8) is 0 Å². The SMILES string of the molecule is O=C(O)c1c(N2CCN(C(=O)c3cccs3)CC2)c2ccsc2n(Cc2ccccc2)c1=O. The van der Waals surface area contributed by atoms with Crippen LogP contribution in [-0.4, -0.2) is 52.6 Å². The van der Waals surface area contributed by atoms with E-state index in [1.54, 1.807) is 9.47 Å². The van der Waals surface area contributed by atoms with Crippen LogP contribution in [0.25, 0.3) is 10.2 Å². The van der Waals surface area contributed by atoms with Crippen LogP contribution in [0.15, 0.2) is 64.1 Å². The van der Waals surface area contributed by atoms with E-state index in [0.29, 0.717) is 43.3 Å². The molecule has 0 radical (unpaired) electrons. The quantitative estimate of drug-likeness (QED) is 0.470. The second-order valence-corrected chi connectivity index (χ2v) is 9.64. The predicted octanol–water partition coefficient (Wildman–Crippen LogP) is 3.83. The molecular formula is C24H21N3O4S2. The number of carbonyl (C=O) groups excluding carboxylic acids is 1. The molecule has 7 nitrogen and oxygen atoms in total. The molecule has 0 bridgehead atoms. The Labute approximate surface area is 197 Å². The first-order valence-corrected chi connectivity index (χ1v) is 12.3. The van der Waals surface area contributed by atoms with Crippen LogP contribution < -0.4 is 10.5 Å². The average Bonchev–Trinajstić information content (AvgIpc) is 3.53. The molecule has 0 aliphatic carbocycles. The molecule has 1 fully saturated rings. The smallest absolute Gasteiger partial charge is 0.343 e. The van der Waals surface area contributed by atoms with E-state index in [1.165, 1.54) is 22.7 Å². The molecule has 5 rings (SSSR count). The fourth-order valence-electron chi connectivity index (χ4n) is 4.27. The van der Waals surface area contributed by atoms with Crippen molar-refractivity contribution < 1.29 is 14.7 Å².